The monoisotopic (exact) mass is 270 g/mol. The van der Waals surface area contributed by atoms with E-state index in [1.54, 1.807) is 0 Å². The topological polar surface area (TPSA) is 193 Å². The van der Waals surface area contributed by atoms with Crippen LogP contribution in [0, 0.1) is 0 Å². The maximum absolute atomic E-state index is 9.55. The fraction of sp³-hybridized carbons (Fsp3) is 0. The van der Waals surface area contributed by atoms with Gasteiger partial charge in [-0.3, -0.25) is 4.31 Å². The van der Waals surface area contributed by atoms with Crippen molar-refractivity contribution in [1.82, 2.24) is 0 Å². The van der Waals surface area contributed by atoms with Crippen LogP contribution in [0.2, 0.25) is 0 Å². The Hall–Kier alpha value is 0.674. The van der Waals surface area contributed by atoms with Gasteiger partial charge in [0, 0.05) is 0 Å². The molecule has 0 saturated heterocycles. The molecule has 12 heavy (non-hydrogen) atoms. The first-order valence-electron chi connectivity index (χ1n) is 1.50. The molecule has 0 amide bonds. The zero-order chi connectivity index (χ0) is 7.71. The summed E-state index contributed by atoms with van der Waals surface area (Å²) in [7, 11) is -10.7. The standard InChI is InChI=1S/Ni.H4O7P2.2H2O/c;1-8(2,3)7-9(4,5)6;;/h;(H2,1,2,3)(H2,4,5,6);2*1H2/q+2;;;/p-2. The third-order valence-corrected chi connectivity index (χ3v) is 1.86. The van der Waals surface area contributed by atoms with E-state index in [0.717, 1.165) is 0 Å². The molecule has 0 aliphatic heterocycles. The van der Waals surface area contributed by atoms with Gasteiger partial charge in [-0.2, -0.15) is 0 Å². The SMILES string of the molecule is O.O.O=P([O-])([O-])OP(=O)(O)O.[Ni+2]. The molecule has 9 nitrogen and oxygen atoms in total. The largest absolute Gasteiger partial charge is 2.00 e. The molecule has 0 bridgehead atoms. The molecule has 0 unspecified atom stereocenters. The average Bonchev–Trinajstić information content (AvgIpc) is 1.14. The summed E-state index contributed by atoms with van der Waals surface area (Å²) >= 11 is 0. The Balaban J connectivity index is -0.000000107. The van der Waals surface area contributed by atoms with Crippen LogP contribution >= 0.6 is 15.6 Å². The van der Waals surface area contributed by atoms with E-state index in [9.17, 15) is 18.9 Å². The molecule has 80 valence electrons. The zero-order valence-electron chi connectivity index (χ0n) is 5.15. The summed E-state index contributed by atoms with van der Waals surface area (Å²) in [5.41, 5.74) is 0. The molecule has 0 rings (SSSR count). The molecule has 0 radical (unpaired) electrons. The molecule has 0 fully saturated rings. The number of hydrogen-bond acceptors (Lipinski definition) is 5. The first-order chi connectivity index (χ1) is 3.71. The zero-order valence-corrected chi connectivity index (χ0v) is 7.92. The molecule has 0 aliphatic carbocycles. The Morgan fingerprint density at radius 1 is 1.08 bits per heavy atom. The normalized spacial score (nSPS) is 10.3. The average molecular weight is 271 g/mol. The van der Waals surface area contributed by atoms with Gasteiger partial charge in [0.1, 0.15) is 0 Å². The summed E-state index contributed by atoms with van der Waals surface area (Å²) in [5.74, 6) is 0. The Kier molecular flexibility index (Phi) is 13.6. The quantitative estimate of drug-likeness (QED) is 0.380. The van der Waals surface area contributed by atoms with Crippen LogP contribution in [-0.2, 0) is 29.9 Å². The Labute approximate surface area is 76.8 Å². The van der Waals surface area contributed by atoms with Crippen molar-refractivity contribution in [3.05, 3.63) is 0 Å². The predicted molar refractivity (Wildman–Crippen MR) is 28.0 cm³/mol. The van der Waals surface area contributed by atoms with Crippen molar-refractivity contribution in [2.24, 2.45) is 0 Å². The second-order valence-electron chi connectivity index (χ2n) is 1.02. The van der Waals surface area contributed by atoms with E-state index in [-0.39, 0.29) is 27.4 Å². The minimum absolute atomic E-state index is 0. The van der Waals surface area contributed by atoms with Gasteiger partial charge in [-0.15, -0.1) is 0 Å². The molecule has 0 saturated carbocycles. The number of phosphoric acid groups is 2. The van der Waals surface area contributed by atoms with E-state index in [1.165, 1.54) is 0 Å². The summed E-state index contributed by atoms with van der Waals surface area (Å²) in [5, 5.41) is 0. The van der Waals surface area contributed by atoms with Crippen molar-refractivity contribution >= 4 is 15.6 Å². The van der Waals surface area contributed by atoms with Crippen LogP contribution in [0.3, 0.4) is 0 Å². The first-order valence-corrected chi connectivity index (χ1v) is 4.49. The summed E-state index contributed by atoms with van der Waals surface area (Å²) in [6.07, 6.45) is 0. The molecule has 0 aliphatic rings. The molecule has 0 heterocycles. The molecule has 0 aromatic rings. The van der Waals surface area contributed by atoms with Crippen molar-refractivity contribution in [1.29, 1.82) is 0 Å². The van der Waals surface area contributed by atoms with Crippen molar-refractivity contribution in [2.75, 3.05) is 0 Å². The summed E-state index contributed by atoms with van der Waals surface area (Å²) < 4.78 is 21.7. The minimum Gasteiger partial charge on any atom is -0.789 e. The molecule has 0 atom stereocenters. The Morgan fingerprint density at radius 2 is 1.33 bits per heavy atom. The maximum atomic E-state index is 9.55. The molecule has 12 heteroatoms. The van der Waals surface area contributed by atoms with E-state index < -0.39 is 15.6 Å². The van der Waals surface area contributed by atoms with E-state index in [0.29, 0.717) is 0 Å². The first kappa shape index (κ1) is 23.0. The van der Waals surface area contributed by atoms with Gasteiger partial charge in [-0.1, -0.05) is 0 Å². The molecule has 6 N–H and O–H groups in total. The van der Waals surface area contributed by atoms with Crippen molar-refractivity contribution in [3.8, 4) is 0 Å². The maximum Gasteiger partial charge on any atom is 2.00 e. The predicted octanol–water partition coefficient (Wildman–Crippen LogP) is -3.73. The third kappa shape index (κ3) is 22.4. The molecule has 0 spiro atoms. The van der Waals surface area contributed by atoms with Crippen LogP contribution in [0.25, 0.3) is 0 Å². The fourth-order valence-electron chi connectivity index (χ4n) is 0.130. The molecular weight excluding hydrogens is 265 g/mol. The van der Waals surface area contributed by atoms with Gasteiger partial charge < -0.3 is 35.1 Å². The van der Waals surface area contributed by atoms with Crippen LogP contribution in [0.4, 0.5) is 0 Å². The minimum atomic E-state index is -5.55. The van der Waals surface area contributed by atoms with Gasteiger partial charge in [0.2, 0.25) is 0 Å². The second-order valence-corrected chi connectivity index (χ2v) is 3.55. The van der Waals surface area contributed by atoms with Crippen LogP contribution in [0.15, 0.2) is 0 Å². The molecule has 0 aromatic heterocycles. The van der Waals surface area contributed by atoms with Gasteiger partial charge in [0.15, 0.2) is 0 Å². The third-order valence-electron chi connectivity index (χ3n) is 0.206. The number of hydrogen-bond donors (Lipinski definition) is 2. The van der Waals surface area contributed by atoms with E-state index in [1.807, 2.05) is 0 Å². The van der Waals surface area contributed by atoms with Crippen LogP contribution in [0.5, 0.6) is 0 Å². The van der Waals surface area contributed by atoms with Gasteiger partial charge in [0.25, 0.3) is 0 Å². The van der Waals surface area contributed by atoms with E-state index in [4.69, 9.17) is 9.79 Å². The van der Waals surface area contributed by atoms with Gasteiger partial charge in [-0.25, -0.2) is 4.57 Å². The van der Waals surface area contributed by atoms with Gasteiger partial charge >= 0.3 is 24.3 Å². The van der Waals surface area contributed by atoms with Crippen molar-refractivity contribution < 1.29 is 60.5 Å². The van der Waals surface area contributed by atoms with Crippen LogP contribution in [-0.4, -0.2) is 20.7 Å². The molecular formula is H6NiO9P2. The second kappa shape index (κ2) is 7.11. The van der Waals surface area contributed by atoms with E-state index >= 15 is 0 Å². The van der Waals surface area contributed by atoms with Crippen LogP contribution < -0.4 is 9.79 Å². The summed E-state index contributed by atoms with van der Waals surface area (Å²) in [6.45, 7) is 0. The molecule has 0 aromatic carbocycles. The summed E-state index contributed by atoms with van der Waals surface area (Å²) in [4.78, 5) is 34.1. The Morgan fingerprint density at radius 3 is 1.33 bits per heavy atom. The van der Waals surface area contributed by atoms with Crippen molar-refractivity contribution in [2.45, 2.75) is 0 Å². The summed E-state index contributed by atoms with van der Waals surface area (Å²) in [6, 6.07) is 0. The fourth-order valence-corrected chi connectivity index (χ4v) is 1.17. The Bertz CT molecular complexity index is 153. The van der Waals surface area contributed by atoms with Gasteiger partial charge in [-0.05, 0) is 0 Å². The number of rotatable bonds is 2. The van der Waals surface area contributed by atoms with E-state index in [2.05, 4.69) is 4.31 Å². The van der Waals surface area contributed by atoms with Gasteiger partial charge in [0.05, 0.1) is 7.82 Å². The smallest absolute Gasteiger partial charge is 0.789 e. The van der Waals surface area contributed by atoms with Crippen LogP contribution in [0.1, 0.15) is 0 Å². The van der Waals surface area contributed by atoms with Crippen molar-refractivity contribution in [3.63, 3.8) is 0 Å².